The van der Waals surface area contributed by atoms with E-state index in [0.29, 0.717) is 24.7 Å². The molecule has 0 aliphatic rings. The molecular formula is C34H36N6O4S2. The van der Waals surface area contributed by atoms with Gasteiger partial charge in [0.2, 0.25) is 0 Å². The molecule has 0 saturated carbocycles. The Kier molecular flexibility index (Phi) is 9.55. The van der Waals surface area contributed by atoms with Crippen LogP contribution < -0.4 is 18.9 Å². The van der Waals surface area contributed by atoms with E-state index in [0.717, 1.165) is 89.0 Å². The Morgan fingerprint density at radius 1 is 0.630 bits per heavy atom. The molecule has 0 saturated heterocycles. The normalized spacial score (nSPS) is 11.3. The maximum Gasteiger partial charge on any atom is 0.166 e. The number of rotatable bonds is 13. The van der Waals surface area contributed by atoms with Gasteiger partial charge in [0.1, 0.15) is 36.2 Å². The molecule has 6 aromatic rings. The van der Waals surface area contributed by atoms with Crippen molar-refractivity contribution in [2.24, 2.45) is 0 Å². The summed E-state index contributed by atoms with van der Waals surface area (Å²) in [6.45, 7) is 8.88. The second kappa shape index (κ2) is 13.9. The van der Waals surface area contributed by atoms with Crippen molar-refractivity contribution in [1.29, 1.82) is 0 Å². The fraction of sp³-hybridized carbons (Fsp3) is 0.294. The third-order valence-corrected chi connectivity index (χ3v) is 9.44. The maximum absolute atomic E-state index is 5.98. The van der Waals surface area contributed by atoms with Gasteiger partial charge in [-0.2, -0.15) is 0 Å². The van der Waals surface area contributed by atoms with Gasteiger partial charge in [0, 0.05) is 58.3 Å². The van der Waals surface area contributed by atoms with Gasteiger partial charge in [0.25, 0.3) is 0 Å². The van der Waals surface area contributed by atoms with Crippen molar-refractivity contribution in [2.75, 3.05) is 27.4 Å². The van der Waals surface area contributed by atoms with Crippen molar-refractivity contribution in [1.82, 2.24) is 29.9 Å². The van der Waals surface area contributed by atoms with Gasteiger partial charge >= 0.3 is 0 Å². The molecule has 0 aliphatic carbocycles. The summed E-state index contributed by atoms with van der Waals surface area (Å²) in [5.74, 6) is 4.64. The highest BCUT2D eigenvalue weighted by Crippen LogP contribution is 2.31. The van der Waals surface area contributed by atoms with Crippen LogP contribution in [0.4, 0.5) is 0 Å². The minimum atomic E-state index is 0.399. The molecule has 2 aromatic carbocycles. The number of benzene rings is 2. The first-order chi connectivity index (χ1) is 22.3. The van der Waals surface area contributed by atoms with Crippen LogP contribution in [0.2, 0.25) is 0 Å². The Labute approximate surface area is 276 Å². The van der Waals surface area contributed by atoms with Crippen molar-refractivity contribution in [3.8, 4) is 23.0 Å². The number of imidazole rings is 2. The van der Waals surface area contributed by atoms with Crippen LogP contribution in [-0.4, -0.2) is 57.3 Å². The number of hydrogen-bond donors (Lipinski definition) is 2. The molecule has 0 atom stereocenters. The molecule has 238 valence electrons. The summed E-state index contributed by atoms with van der Waals surface area (Å²) >= 11 is 3.22. The summed E-state index contributed by atoms with van der Waals surface area (Å²) in [6, 6.07) is 11.7. The van der Waals surface area contributed by atoms with E-state index in [2.05, 4.69) is 19.9 Å². The van der Waals surface area contributed by atoms with Crippen LogP contribution in [0.5, 0.6) is 23.0 Å². The highest BCUT2D eigenvalue weighted by atomic mass is 32.2. The molecule has 0 fully saturated rings. The number of thioether (sulfide) groups is 2. The second-order valence-electron chi connectivity index (χ2n) is 10.8. The number of fused-ring (bicyclic) bond motifs is 2. The molecule has 0 bridgehead atoms. The summed E-state index contributed by atoms with van der Waals surface area (Å²) < 4.78 is 23.0. The summed E-state index contributed by atoms with van der Waals surface area (Å²) in [5.41, 5.74) is 9.73. The molecule has 10 nitrogen and oxygen atoms in total. The third kappa shape index (κ3) is 6.87. The van der Waals surface area contributed by atoms with Gasteiger partial charge in [0.15, 0.2) is 10.3 Å². The van der Waals surface area contributed by atoms with Gasteiger partial charge in [-0.3, -0.25) is 9.97 Å². The molecule has 2 N–H and O–H groups in total. The lowest BCUT2D eigenvalue weighted by Crippen LogP contribution is -2.08. The molecular weight excluding hydrogens is 621 g/mol. The van der Waals surface area contributed by atoms with Gasteiger partial charge in [0.05, 0.1) is 47.7 Å². The topological polar surface area (TPSA) is 120 Å². The van der Waals surface area contributed by atoms with Crippen molar-refractivity contribution in [2.45, 2.75) is 49.5 Å². The first kappa shape index (κ1) is 31.6. The number of ether oxygens (including phenoxy) is 4. The summed E-state index contributed by atoms with van der Waals surface area (Å²) in [7, 11) is 3.38. The minimum absolute atomic E-state index is 0.399. The lowest BCUT2D eigenvalue weighted by atomic mass is 10.1. The number of nitrogens with zero attached hydrogens (tertiary/aromatic N) is 4. The van der Waals surface area contributed by atoms with Crippen molar-refractivity contribution < 1.29 is 18.9 Å². The van der Waals surface area contributed by atoms with E-state index < -0.39 is 0 Å². The third-order valence-electron chi connectivity index (χ3n) is 7.67. The molecule has 12 heteroatoms. The molecule has 0 amide bonds. The van der Waals surface area contributed by atoms with Gasteiger partial charge in [-0.25, -0.2) is 9.97 Å². The lowest BCUT2D eigenvalue weighted by molar-refractivity contribution is 0.217. The van der Waals surface area contributed by atoms with Crippen molar-refractivity contribution in [3.63, 3.8) is 0 Å². The molecule has 0 aliphatic heterocycles. The highest BCUT2D eigenvalue weighted by molar-refractivity contribution is 7.98. The molecule has 46 heavy (non-hydrogen) atoms. The molecule has 6 rings (SSSR count). The van der Waals surface area contributed by atoms with Gasteiger partial charge in [-0.15, -0.1) is 0 Å². The first-order valence-electron chi connectivity index (χ1n) is 14.8. The van der Waals surface area contributed by atoms with E-state index in [1.54, 1.807) is 37.7 Å². The number of aryl methyl sites for hydroxylation is 2. The van der Waals surface area contributed by atoms with Gasteiger partial charge in [-0.05, 0) is 52.0 Å². The fourth-order valence-electron chi connectivity index (χ4n) is 5.27. The van der Waals surface area contributed by atoms with Crippen LogP contribution in [0.25, 0.3) is 22.1 Å². The smallest absolute Gasteiger partial charge is 0.166 e. The summed E-state index contributed by atoms with van der Waals surface area (Å²) in [5, 5.41) is 1.66. The average molecular weight is 657 g/mol. The number of aromatic amines is 2. The number of nitrogens with one attached hydrogen (secondary N) is 2. The number of hydrogen-bond acceptors (Lipinski definition) is 10. The molecule has 0 unspecified atom stereocenters. The molecule has 0 radical (unpaired) electrons. The summed E-state index contributed by atoms with van der Waals surface area (Å²) in [4.78, 5) is 25.4. The first-order valence-corrected chi connectivity index (χ1v) is 16.8. The van der Waals surface area contributed by atoms with Crippen LogP contribution >= 0.6 is 23.5 Å². The summed E-state index contributed by atoms with van der Waals surface area (Å²) in [6.07, 6.45) is 3.70. The van der Waals surface area contributed by atoms with Crippen molar-refractivity contribution in [3.05, 3.63) is 82.4 Å². The molecule has 4 aromatic heterocycles. The maximum atomic E-state index is 5.98. The van der Waals surface area contributed by atoms with E-state index in [-0.39, 0.29) is 0 Å². The minimum Gasteiger partial charge on any atom is -0.496 e. The zero-order valence-corrected chi connectivity index (χ0v) is 28.3. The molecule has 4 heterocycles. The van der Waals surface area contributed by atoms with E-state index in [9.17, 15) is 0 Å². The standard InChI is InChI=1S/C34H36N6O4S2/c1-19-15-35-29(21(3)31(19)41-5)17-45-33-37-25-9-7-23(13-27(25)39-33)43-11-12-44-24-8-10-26-28(14-24)40-34(38-26)46-18-30-22(4)32(42-6)20(2)16-36-30/h7-10,13-16H,11-12,17-18H2,1-6H3,(H,37,39)(H,38,40). The fourth-order valence-corrected chi connectivity index (χ4v) is 7.09. The predicted molar refractivity (Wildman–Crippen MR) is 183 cm³/mol. The predicted octanol–water partition coefficient (Wildman–Crippen LogP) is 7.52. The number of H-pyrrole nitrogens is 2. The van der Waals surface area contributed by atoms with Crippen LogP contribution in [0.15, 0.2) is 59.1 Å². The Hall–Kier alpha value is -4.42. The Morgan fingerprint density at radius 3 is 1.48 bits per heavy atom. The zero-order valence-electron chi connectivity index (χ0n) is 26.7. The van der Waals surface area contributed by atoms with E-state index >= 15 is 0 Å². The second-order valence-corrected chi connectivity index (χ2v) is 12.7. The quantitative estimate of drug-likeness (QED) is 0.0954. The van der Waals surface area contributed by atoms with Gasteiger partial charge in [-0.1, -0.05) is 23.5 Å². The van der Waals surface area contributed by atoms with E-state index in [1.807, 2.05) is 76.5 Å². The number of pyridine rings is 2. The van der Waals surface area contributed by atoms with Gasteiger partial charge < -0.3 is 28.9 Å². The SMILES string of the molecule is COc1c(C)cnc(CSc2nc3ccc(OCCOc4ccc5nc(SCc6ncc(C)c(OC)c6C)[nH]c5c4)cc3[nH]2)c1C. The zero-order chi connectivity index (χ0) is 32.2. The number of aromatic nitrogens is 6. The number of methoxy groups -OCH3 is 2. The van der Waals surface area contributed by atoms with Crippen LogP contribution in [-0.2, 0) is 11.5 Å². The Balaban J connectivity index is 1.00. The molecule has 0 spiro atoms. The Bertz CT molecular complexity index is 1860. The highest BCUT2D eigenvalue weighted by Gasteiger charge is 2.13. The van der Waals surface area contributed by atoms with Crippen LogP contribution in [0, 0.1) is 27.7 Å². The largest absolute Gasteiger partial charge is 0.496 e. The Morgan fingerprint density at radius 2 is 1.07 bits per heavy atom. The van der Waals surface area contributed by atoms with Crippen LogP contribution in [0.3, 0.4) is 0 Å². The lowest BCUT2D eigenvalue weighted by Gasteiger charge is -2.11. The monoisotopic (exact) mass is 656 g/mol. The van der Waals surface area contributed by atoms with Crippen LogP contribution in [0.1, 0.15) is 33.6 Å². The van der Waals surface area contributed by atoms with E-state index in [1.165, 1.54) is 0 Å². The van der Waals surface area contributed by atoms with E-state index in [4.69, 9.17) is 28.9 Å². The average Bonchev–Trinajstić information content (AvgIpc) is 3.65. The van der Waals surface area contributed by atoms with Crippen molar-refractivity contribution >= 4 is 45.6 Å².